The van der Waals surface area contributed by atoms with Crippen LogP contribution in [0.2, 0.25) is 0 Å². The van der Waals surface area contributed by atoms with Crippen LogP contribution in [0.4, 0.5) is 0 Å². The molecule has 0 saturated carbocycles. The number of aromatic hydroxyl groups is 2. The zero-order chi connectivity index (χ0) is 29.8. The number of fused-ring (bicyclic) bond motifs is 3. The van der Waals surface area contributed by atoms with Crippen LogP contribution >= 0.6 is 0 Å². The van der Waals surface area contributed by atoms with Gasteiger partial charge in [0.15, 0.2) is 17.9 Å². The molecule has 6 atom stereocenters. The van der Waals surface area contributed by atoms with Crippen LogP contribution in [0.15, 0.2) is 18.2 Å². The number of phenols is 2. The Kier molecular flexibility index (Phi) is 7.63. The Bertz CT molecular complexity index is 1420. The first-order chi connectivity index (χ1) is 19.5. The molecule has 1 fully saturated rings. The molecule has 2 aromatic carbocycles. The van der Waals surface area contributed by atoms with Crippen LogP contribution in [-0.4, -0.2) is 98.6 Å². The van der Waals surface area contributed by atoms with Gasteiger partial charge in [-0.15, -0.1) is 0 Å². The van der Waals surface area contributed by atoms with Crippen LogP contribution in [0.1, 0.15) is 68.8 Å². The second kappa shape index (κ2) is 10.8. The summed E-state index contributed by atoms with van der Waals surface area (Å²) in [5, 5.41) is 66.2. The zero-order valence-electron chi connectivity index (χ0n) is 22.3. The lowest BCUT2D eigenvalue weighted by atomic mass is 9.72. The van der Waals surface area contributed by atoms with Crippen molar-refractivity contribution in [1.29, 1.82) is 0 Å². The smallest absolute Gasteiger partial charge is 0.202 e. The maximum atomic E-state index is 13.7. The fourth-order valence-electron chi connectivity index (χ4n) is 6.04. The molecule has 1 saturated heterocycles. The van der Waals surface area contributed by atoms with Crippen molar-refractivity contribution in [3.63, 3.8) is 0 Å². The van der Waals surface area contributed by atoms with Gasteiger partial charge in [0.1, 0.15) is 29.5 Å². The Morgan fingerprint density at radius 1 is 1.12 bits per heavy atom. The van der Waals surface area contributed by atoms with Gasteiger partial charge in [-0.1, -0.05) is 12.1 Å². The third-order valence-corrected chi connectivity index (χ3v) is 8.11. The number of rotatable bonds is 7. The molecule has 3 aliphatic rings. The number of Topliss-reactive ketones (excluding diaryl/α,β-unsaturated/α-hetero) is 1. The fourth-order valence-corrected chi connectivity index (χ4v) is 6.04. The maximum Gasteiger partial charge on any atom is 0.202 e. The maximum absolute atomic E-state index is 13.7. The molecular formula is C28H31NO12. The Balaban J connectivity index is 1.66. The van der Waals surface area contributed by atoms with Crippen LogP contribution in [-0.2, 0) is 20.7 Å². The van der Waals surface area contributed by atoms with Gasteiger partial charge in [0.2, 0.25) is 5.78 Å². The Morgan fingerprint density at radius 2 is 1.83 bits per heavy atom. The summed E-state index contributed by atoms with van der Waals surface area (Å²) >= 11 is 0. The second-order valence-electron chi connectivity index (χ2n) is 10.5. The first-order valence-electron chi connectivity index (χ1n) is 13.0. The van der Waals surface area contributed by atoms with Gasteiger partial charge in [-0.25, -0.2) is 0 Å². The van der Waals surface area contributed by atoms with Gasteiger partial charge >= 0.3 is 0 Å². The van der Waals surface area contributed by atoms with E-state index in [0.29, 0.717) is 0 Å². The molecule has 0 amide bonds. The number of ketones is 3. The molecule has 1 heterocycles. The van der Waals surface area contributed by atoms with Crippen molar-refractivity contribution in [3.8, 4) is 17.2 Å². The number of methoxy groups -OCH3 is 1. The van der Waals surface area contributed by atoms with Crippen molar-refractivity contribution < 1.29 is 59.2 Å². The number of ether oxygens (including phenoxy) is 3. The van der Waals surface area contributed by atoms with Crippen LogP contribution < -0.4 is 10.1 Å². The minimum atomic E-state index is -2.27. The van der Waals surface area contributed by atoms with Gasteiger partial charge in [0.05, 0.1) is 48.8 Å². The molecule has 13 nitrogen and oxygen atoms in total. The number of nitrogens with one attached hydrogen (secondary N) is 1. The largest absolute Gasteiger partial charge is 0.507 e. The summed E-state index contributed by atoms with van der Waals surface area (Å²) in [5.41, 5.74) is -3.75. The zero-order valence-corrected chi connectivity index (χ0v) is 22.3. The minimum absolute atomic E-state index is 0.00392. The van der Waals surface area contributed by atoms with Crippen LogP contribution in [0.25, 0.3) is 0 Å². The molecule has 0 aromatic heterocycles. The lowest BCUT2D eigenvalue weighted by Gasteiger charge is -2.42. The van der Waals surface area contributed by atoms with Gasteiger partial charge in [0.25, 0.3) is 0 Å². The number of phenolic OH excluding ortho intramolecular Hbond substituents is 2. The number of carbonyl (C=O) groups is 3. The van der Waals surface area contributed by atoms with E-state index in [1.807, 2.05) is 0 Å². The summed E-state index contributed by atoms with van der Waals surface area (Å²) in [4.78, 5) is 39.9. The first-order valence-corrected chi connectivity index (χ1v) is 13.0. The van der Waals surface area contributed by atoms with Gasteiger partial charge in [-0.2, -0.15) is 0 Å². The molecule has 1 aliphatic heterocycles. The predicted octanol–water partition coefficient (Wildman–Crippen LogP) is -0.418. The van der Waals surface area contributed by atoms with E-state index < -0.39 is 102 Å². The predicted molar refractivity (Wildman–Crippen MR) is 138 cm³/mol. The summed E-state index contributed by atoms with van der Waals surface area (Å²) in [6, 6.07) is 3.68. The van der Waals surface area contributed by atoms with Crippen LogP contribution in [0, 0.1) is 0 Å². The number of carbonyl (C=O) groups excluding carboxylic acids is 3. The lowest BCUT2D eigenvalue weighted by molar-refractivity contribution is -0.250. The number of hydrogen-bond acceptors (Lipinski definition) is 13. The molecule has 0 bridgehead atoms. The molecule has 0 spiro atoms. The SMILES string of the molecule is COc1cccc2c1C(=O)c1c(O)c3c(c(O)c1C2=O)C[C@@](O)(C(=O)CO)C[C@@H]3O[C@H]1CC(NCO)C(O)[C@H](C)O1. The van der Waals surface area contributed by atoms with E-state index in [-0.39, 0.29) is 34.4 Å². The fraction of sp³-hybridized carbons (Fsp3) is 0.464. The Hall–Kier alpha value is -3.43. The molecule has 7 N–H and O–H groups in total. The normalized spacial score (nSPS) is 29.0. The minimum Gasteiger partial charge on any atom is -0.507 e. The third kappa shape index (κ3) is 4.59. The van der Waals surface area contributed by atoms with Crippen molar-refractivity contribution in [2.24, 2.45) is 0 Å². The van der Waals surface area contributed by atoms with E-state index in [0.717, 1.165) is 0 Å². The highest BCUT2D eigenvalue weighted by molar-refractivity contribution is 6.31. The average Bonchev–Trinajstić information content (AvgIpc) is 2.95. The number of aliphatic hydroxyl groups excluding tert-OH is 3. The summed E-state index contributed by atoms with van der Waals surface area (Å²) in [6.07, 6.45) is -5.33. The summed E-state index contributed by atoms with van der Waals surface area (Å²) in [5.74, 6) is -3.86. The van der Waals surface area contributed by atoms with Crippen molar-refractivity contribution in [3.05, 3.63) is 51.6 Å². The quantitative estimate of drug-likeness (QED) is 0.142. The van der Waals surface area contributed by atoms with Gasteiger partial charge in [0, 0.05) is 42.0 Å². The first kappa shape index (κ1) is 29.1. The van der Waals surface area contributed by atoms with E-state index in [9.17, 15) is 45.0 Å². The second-order valence-corrected chi connectivity index (χ2v) is 10.5. The number of hydrogen-bond donors (Lipinski definition) is 7. The van der Waals surface area contributed by atoms with Crippen LogP contribution in [0.3, 0.4) is 0 Å². The standard InChI is InChI=1S/C28H31NO12/c1-11-23(33)14(29-10-31)6-18(40-11)41-16-8-28(38,17(32)9-30)7-13-20(16)27(37)22-21(25(13)35)24(34)12-4-3-5-15(39-2)19(12)26(22)36/h3-5,11,14,16,18,23,29-31,33,35,37-38H,6-10H2,1-2H3/t11-,14?,16-,18-,23?,28-/m0/s1. The Labute approximate surface area is 233 Å². The molecule has 2 unspecified atom stereocenters. The van der Waals surface area contributed by atoms with Crippen molar-refractivity contribution in [1.82, 2.24) is 5.32 Å². The molecule has 41 heavy (non-hydrogen) atoms. The third-order valence-electron chi connectivity index (χ3n) is 8.11. The highest BCUT2D eigenvalue weighted by Gasteiger charge is 2.50. The highest BCUT2D eigenvalue weighted by atomic mass is 16.7. The van der Waals surface area contributed by atoms with Crippen LogP contribution in [0.5, 0.6) is 17.2 Å². The molecule has 0 radical (unpaired) electrons. The van der Waals surface area contributed by atoms with E-state index in [4.69, 9.17) is 14.2 Å². The summed E-state index contributed by atoms with van der Waals surface area (Å²) < 4.78 is 17.1. The van der Waals surface area contributed by atoms with E-state index >= 15 is 0 Å². The van der Waals surface area contributed by atoms with Crippen molar-refractivity contribution >= 4 is 17.3 Å². The molecule has 5 rings (SSSR count). The molecule has 13 heteroatoms. The highest BCUT2D eigenvalue weighted by Crippen LogP contribution is 2.52. The molecular weight excluding hydrogens is 542 g/mol. The average molecular weight is 574 g/mol. The van der Waals surface area contributed by atoms with Gasteiger partial charge in [-0.05, 0) is 13.0 Å². The number of aliphatic hydroxyl groups is 4. The van der Waals surface area contributed by atoms with Gasteiger partial charge < -0.3 is 44.8 Å². The van der Waals surface area contributed by atoms with Crippen molar-refractivity contribution in [2.75, 3.05) is 20.4 Å². The topological polar surface area (TPSA) is 212 Å². The molecule has 2 aromatic rings. The monoisotopic (exact) mass is 573 g/mol. The summed E-state index contributed by atoms with van der Waals surface area (Å²) in [7, 11) is 1.32. The molecule has 2 aliphatic carbocycles. The van der Waals surface area contributed by atoms with E-state index in [1.165, 1.54) is 25.3 Å². The van der Waals surface area contributed by atoms with E-state index in [1.54, 1.807) is 6.92 Å². The van der Waals surface area contributed by atoms with E-state index in [2.05, 4.69) is 5.32 Å². The number of benzene rings is 2. The van der Waals surface area contributed by atoms with Crippen molar-refractivity contribution in [2.45, 2.75) is 62.4 Å². The van der Waals surface area contributed by atoms with Gasteiger partial charge in [-0.3, -0.25) is 19.7 Å². The molecule has 220 valence electrons. The Morgan fingerprint density at radius 3 is 2.49 bits per heavy atom. The lowest BCUT2D eigenvalue weighted by Crippen LogP contribution is -2.54. The summed E-state index contributed by atoms with van der Waals surface area (Å²) in [6.45, 7) is 0.0913.